The highest BCUT2D eigenvalue weighted by molar-refractivity contribution is 7.99. The van der Waals surface area contributed by atoms with Crippen molar-refractivity contribution in [3.63, 3.8) is 0 Å². The average molecular weight is 397 g/mol. The molecule has 6 nitrogen and oxygen atoms in total. The van der Waals surface area contributed by atoms with Crippen LogP contribution in [0.15, 0.2) is 5.38 Å². The second kappa shape index (κ2) is 7.76. The molecule has 1 unspecified atom stereocenters. The number of aromatic nitrogens is 1. The van der Waals surface area contributed by atoms with Crippen molar-refractivity contribution in [3.8, 4) is 0 Å². The second-order valence-corrected chi connectivity index (χ2v) is 9.94. The quantitative estimate of drug-likeness (QED) is 0.851. The van der Waals surface area contributed by atoms with Crippen LogP contribution in [-0.4, -0.2) is 63.4 Å². The molecule has 2 aliphatic heterocycles. The number of hydrogen-bond acceptors (Lipinski definition) is 6. The highest BCUT2D eigenvalue weighted by atomic mass is 32.2. The molecule has 26 heavy (non-hydrogen) atoms. The van der Waals surface area contributed by atoms with Gasteiger partial charge in [-0.25, -0.2) is 4.98 Å². The first kappa shape index (κ1) is 19.5. The van der Waals surface area contributed by atoms with E-state index in [0.717, 1.165) is 36.8 Å². The van der Waals surface area contributed by atoms with Gasteiger partial charge in [-0.3, -0.25) is 9.59 Å². The lowest BCUT2D eigenvalue weighted by molar-refractivity contribution is -0.148. The topological polar surface area (TPSA) is 65.5 Å². The lowest BCUT2D eigenvalue weighted by Gasteiger charge is -2.36. The molecule has 1 aromatic rings. The monoisotopic (exact) mass is 396 g/mol. The van der Waals surface area contributed by atoms with E-state index < -0.39 is 5.41 Å². The molecule has 0 aliphatic carbocycles. The minimum absolute atomic E-state index is 0.0662. The van der Waals surface area contributed by atoms with E-state index in [0.29, 0.717) is 17.7 Å². The van der Waals surface area contributed by atoms with Crippen LogP contribution >= 0.6 is 23.1 Å². The van der Waals surface area contributed by atoms with Crippen molar-refractivity contribution in [2.75, 3.05) is 30.0 Å². The fourth-order valence-corrected chi connectivity index (χ4v) is 5.24. The Kier molecular flexibility index (Phi) is 5.81. The maximum Gasteiger partial charge on any atom is 0.246 e. The maximum atomic E-state index is 13.0. The van der Waals surface area contributed by atoms with Crippen molar-refractivity contribution in [1.82, 2.24) is 14.8 Å². The van der Waals surface area contributed by atoms with E-state index in [9.17, 15) is 9.59 Å². The zero-order valence-electron chi connectivity index (χ0n) is 15.9. The number of anilines is 1. The minimum atomic E-state index is -0.452. The molecule has 2 aliphatic rings. The summed E-state index contributed by atoms with van der Waals surface area (Å²) in [6.45, 7) is 9.21. The Morgan fingerprint density at radius 1 is 1.27 bits per heavy atom. The predicted octanol–water partition coefficient (Wildman–Crippen LogP) is 2.80. The highest BCUT2D eigenvalue weighted by Gasteiger charge is 2.41. The molecule has 0 bridgehead atoms. The van der Waals surface area contributed by atoms with Crippen molar-refractivity contribution in [1.29, 1.82) is 0 Å². The van der Waals surface area contributed by atoms with Crippen molar-refractivity contribution in [2.24, 2.45) is 5.41 Å². The molecule has 1 N–H and O–H groups in total. The lowest BCUT2D eigenvalue weighted by Crippen LogP contribution is -2.53. The fourth-order valence-electron chi connectivity index (χ4n) is 3.33. The first-order chi connectivity index (χ1) is 12.3. The fraction of sp³-hybridized carbons (Fsp3) is 0.722. The number of hydrogen-bond donors (Lipinski definition) is 1. The van der Waals surface area contributed by atoms with Gasteiger partial charge in [0, 0.05) is 35.7 Å². The van der Waals surface area contributed by atoms with Crippen LogP contribution in [0.4, 0.5) is 5.13 Å². The SMILES string of the molecule is Cc1csc(NC2CCN(C(=O)C3CSCN3C(=O)C(C)(C)C)CC2)n1. The first-order valence-electron chi connectivity index (χ1n) is 9.12. The second-order valence-electron chi connectivity index (χ2n) is 8.08. The van der Waals surface area contributed by atoms with Crippen LogP contribution < -0.4 is 5.32 Å². The summed E-state index contributed by atoms with van der Waals surface area (Å²) < 4.78 is 0. The van der Waals surface area contributed by atoms with Gasteiger partial charge in [0.25, 0.3) is 0 Å². The molecule has 1 atom stereocenters. The van der Waals surface area contributed by atoms with Crippen molar-refractivity contribution in [2.45, 2.75) is 52.6 Å². The van der Waals surface area contributed by atoms with E-state index in [-0.39, 0.29) is 17.9 Å². The molecule has 144 valence electrons. The van der Waals surface area contributed by atoms with Crippen LogP contribution in [-0.2, 0) is 9.59 Å². The molecule has 0 aromatic carbocycles. The van der Waals surface area contributed by atoms with E-state index >= 15 is 0 Å². The number of piperidine rings is 1. The lowest BCUT2D eigenvalue weighted by atomic mass is 9.94. The smallest absolute Gasteiger partial charge is 0.246 e. The Bertz CT molecular complexity index is 662. The zero-order chi connectivity index (χ0) is 18.9. The van der Waals surface area contributed by atoms with E-state index in [1.165, 1.54) is 0 Å². The van der Waals surface area contributed by atoms with Gasteiger partial charge >= 0.3 is 0 Å². The molecule has 0 radical (unpaired) electrons. The van der Waals surface area contributed by atoms with E-state index in [2.05, 4.69) is 10.3 Å². The molecule has 2 fully saturated rings. The highest BCUT2D eigenvalue weighted by Crippen LogP contribution is 2.29. The molecule has 2 amide bonds. The third kappa shape index (κ3) is 4.34. The molecule has 0 spiro atoms. The number of nitrogens with one attached hydrogen (secondary N) is 1. The van der Waals surface area contributed by atoms with E-state index in [4.69, 9.17) is 0 Å². The standard InChI is InChI=1S/C18H28N4O2S2/c1-12-9-26-17(19-12)20-13-5-7-21(8-6-13)15(23)14-10-25-11-22(14)16(24)18(2,3)4/h9,13-14H,5-8,10-11H2,1-4H3,(H,19,20). The molecule has 2 saturated heterocycles. The minimum Gasteiger partial charge on any atom is -0.359 e. The van der Waals surface area contributed by atoms with Gasteiger partial charge in [-0.2, -0.15) is 0 Å². The van der Waals surface area contributed by atoms with E-state index in [1.807, 2.05) is 38.0 Å². The van der Waals surface area contributed by atoms with Crippen LogP contribution in [0, 0.1) is 12.3 Å². The third-order valence-electron chi connectivity index (χ3n) is 4.82. The van der Waals surface area contributed by atoms with Gasteiger partial charge in [0.05, 0.1) is 11.6 Å². The number of carbonyl (C=O) groups is 2. The molecule has 8 heteroatoms. The maximum absolute atomic E-state index is 13.0. The van der Waals surface area contributed by atoms with Crippen molar-refractivity contribution >= 4 is 40.0 Å². The Hall–Kier alpha value is -1.28. The van der Waals surface area contributed by atoms with Gasteiger partial charge in [0.1, 0.15) is 6.04 Å². The number of thioether (sulfide) groups is 1. The van der Waals surface area contributed by atoms with Gasteiger partial charge < -0.3 is 15.1 Å². The van der Waals surface area contributed by atoms with Gasteiger partial charge in [-0.1, -0.05) is 20.8 Å². The van der Waals surface area contributed by atoms with Crippen LogP contribution in [0.5, 0.6) is 0 Å². The number of likely N-dealkylation sites (tertiary alicyclic amines) is 1. The number of nitrogens with zero attached hydrogens (tertiary/aromatic N) is 3. The molecular formula is C18H28N4O2S2. The van der Waals surface area contributed by atoms with Crippen molar-refractivity contribution in [3.05, 3.63) is 11.1 Å². The summed E-state index contributed by atoms with van der Waals surface area (Å²) in [5, 5.41) is 6.48. The van der Waals surface area contributed by atoms with Crippen LogP contribution in [0.3, 0.4) is 0 Å². The first-order valence-corrected chi connectivity index (χ1v) is 11.2. The van der Waals surface area contributed by atoms with E-state index in [1.54, 1.807) is 28.0 Å². The van der Waals surface area contributed by atoms with Crippen LogP contribution in [0.2, 0.25) is 0 Å². The third-order valence-corrected chi connectivity index (χ3v) is 6.73. The molecule has 1 aromatic heterocycles. The number of amides is 2. The molecule has 3 heterocycles. The molecular weight excluding hydrogens is 368 g/mol. The summed E-state index contributed by atoms with van der Waals surface area (Å²) in [6.07, 6.45) is 1.83. The average Bonchev–Trinajstić information content (AvgIpc) is 3.22. The molecule has 0 saturated carbocycles. The molecule has 3 rings (SSSR count). The Balaban J connectivity index is 1.55. The normalized spacial score (nSPS) is 21.9. The number of thiazole rings is 1. The van der Waals surface area contributed by atoms with Crippen LogP contribution in [0.1, 0.15) is 39.3 Å². The summed E-state index contributed by atoms with van der Waals surface area (Å²) in [5.74, 6) is 1.50. The van der Waals surface area contributed by atoms with Gasteiger partial charge in [-0.05, 0) is 19.8 Å². The summed E-state index contributed by atoms with van der Waals surface area (Å²) in [4.78, 5) is 33.8. The summed E-state index contributed by atoms with van der Waals surface area (Å²) in [7, 11) is 0. The predicted molar refractivity (Wildman–Crippen MR) is 107 cm³/mol. The Morgan fingerprint density at radius 2 is 1.96 bits per heavy atom. The van der Waals surface area contributed by atoms with Gasteiger partial charge in [-0.15, -0.1) is 23.1 Å². The number of rotatable bonds is 3. The van der Waals surface area contributed by atoms with Crippen LogP contribution in [0.25, 0.3) is 0 Å². The Labute approximate surface area is 163 Å². The number of carbonyl (C=O) groups excluding carboxylic acids is 2. The summed E-state index contributed by atoms with van der Waals surface area (Å²) >= 11 is 3.30. The van der Waals surface area contributed by atoms with Crippen molar-refractivity contribution < 1.29 is 9.59 Å². The Morgan fingerprint density at radius 3 is 2.54 bits per heavy atom. The summed E-state index contributed by atoms with van der Waals surface area (Å²) in [6, 6.07) is 0.0488. The largest absolute Gasteiger partial charge is 0.359 e. The zero-order valence-corrected chi connectivity index (χ0v) is 17.6. The van der Waals surface area contributed by atoms with Gasteiger partial charge in [0.15, 0.2) is 5.13 Å². The number of aryl methyl sites for hydroxylation is 1. The summed E-state index contributed by atoms with van der Waals surface area (Å²) in [5.41, 5.74) is 0.582. The van der Waals surface area contributed by atoms with Gasteiger partial charge in [0.2, 0.25) is 11.8 Å².